The van der Waals surface area contributed by atoms with Gasteiger partial charge in [-0.2, -0.15) is 0 Å². The van der Waals surface area contributed by atoms with Gasteiger partial charge in [0.15, 0.2) is 5.78 Å². The van der Waals surface area contributed by atoms with Crippen molar-refractivity contribution in [1.29, 1.82) is 0 Å². The van der Waals surface area contributed by atoms with E-state index in [1.165, 1.54) is 0 Å². The quantitative estimate of drug-likeness (QED) is 0.470. The molecule has 0 unspecified atom stereocenters. The summed E-state index contributed by atoms with van der Waals surface area (Å²) in [5.41, 5.74) is 6.51. The molecule has 7 nitrogen and oxygen atoms in total. The second-order valence-corrected chi connectivity index (χ2v) is 8.72. The number of amides is 2. The molecule has 162 valence electrons. The van der Waals surface area contributed by atoms with E-state index in [1.54, 1.807) is 43.6 Å². The normalized spacial score (nSPS) is 25.1. The lowest BCUT2D eigenvalue weighted by Gasteiger charge is -2.15. The van der Waals surface area contributed by atoms with E-state index in [-0.39, 0.29) is 23.6 Å². The smallest absolute Gasteiger partial charge is 0.225 e. The van der Waals surface area contributed by atoms with Gasteiger partial charge in [0, 0.05) is 36.2 Å². The minimum Gasteiger partial charge on any atom is -0.398 e. The van der Waals surface area contributed by atoms with Crippen molar-refractivity contribution in [1.82, 2.24) is 15.6 Å². The van der Waals surface area contributed by atoms with Crippen molar-refractivity contribution < 1.29 is 14.4 Å². The van der Waals surface area contributed by atoms with Crippen molar-refractivity contribution >= 4 is 23.3 Å². The zero-order valence-corrected chi connectivity index (χ0v) is 17.6. The average Bonchev–Trinajstić information content (AvgIpc) is 3.12. The molecule has 0 aliphatic heterocycles. The first kappa shape index (κ1) is 21.0. The Morgan fingerprint density at radius 2 is 1.68 bits per heavy atom. The number of nitrogens with two attached hydrogens (primary N) is 1. The molecule has 2 aromatic rings. The molecule has 1 aromatic heterocycles. The summed E-state index contributed by atoms with van der Waals surface area (Å²) in [6, 6.07) is 10.5. The lowest BCUT2D eigenvalue weighted by atomic mass is 9.91. The number of nitrogen functional groups attached to an aromatic ring is 1. The van der Waals surface area contributed by atoms with Crippen molar-refractivity contribution in [2.75, 3.05) is 5.73 Å². The molecule has 4 rings (SSSR count). The molecule has 2 fully saturated rings. The first-order valence-corrected chi connectivity index (χ1v) is 10.8. The van der Waals surface area contributed by atoms with E-state index in [0.29, 0.717) is 17.8 Å². The Labute approximate surface area is 181 Å². The minimum absolute atomic E-state index is 0.120. The highest BCUT2D eigenvalue weighted by Gasteiger charge is 2.72. The maximum absolute atomic E-state index is 13.4. The van der Waals surface area contributed by atoms with Crippen LogP contribution in [0.25, 0.3) is 0 Å². The van der Waals surface area contributed by atoms with Crippen LogP contribution in [-0.4, -0.2) is 28.6 Å². The van der Waals surface area contributed by atoms with Crippen LogP contribution in [0.1, 0.15) is 48.5 Å². The topological polar surface area (TPSA) is 114 Å². The molecule has 7 heteroatoms. The molecule has 31 heavy (non-hydrogen) atoms. The van der Waals surface area contributed by atoms with Crippen molar-refractivity contribution in [3.05, 3.63) is 59.9 Å². The summed E-state index contributed by atoms with van der Waals surface area (Å²) in [6.45, 7) is 2.02. The maximum atomic E-state index is 13.4. The Balaban J connectivity index is 1.55. The molecule has 4 N–H and O–H groups in total. The molecular weight excluding hydrogens is 392 g/mol. The SMILES string of the molecule is C[C@@]1(C(=O)c2ccccc2N)[C@H](C(=O)NCc2ccncc2)[C@@H]1C(=O)NC1CCCC1. The number of nitrogens with zero attached hydrogens (tertiary/aromatic N) is 1. The number of aromatic nitrogens is 1. The van der Waals surface area contributed by atoms with E-state index in [9.17, 15) is 14.4 Å². The van der Waals surface area contributed by atoms with E-state index in [4.69, 9.17) is 5.73 Å². The Morgan fingerprint density at radius 1 is 1.03 bits per heavy atom. The number of benzene rings is 1. The average molecular weight is 421 g/mol. The van der Waals surface area contributed by atoms with Crippen molar-refractivity contribution in [3.63, 3.8) is 0 Å². The number of para-hydroxylation sites is 1. The first-order valence-electron chi connectivity index (χ1n) is 10.8. The number of pyridine rings is 1. The highest BCUT2D eigenvalue weighted by Crippen LogP contribution is 2.61. The number of hydrogen-bond donors (Lipinski definition) is 3. The van der Waals surface area contributed by atoms with Crippen LogP contribution in [0.2, 0.25) is 0 Å². The second kappa shape index (κ2) is 8.49. The molecule has 0 bridgehead atoms. The number of anilines is 1. The van der Waals surface area contributed by atoms with Gasteiger partial charge in [0.1, 0.15) is 0 Å². The van der Waals surface area contributed by atoms with E-state index < -0.39 is 17.3 Å². The number of nitrogens with one attached hydrogen (secondary N) is 2. The Hall–Kier alpha value is -3.22. The largest absolute Gasteiger partial charge is 0.398 e. The van der Waals surface area contributed by atoms with Crippen molar-refractivity contribution in [2.24, 2.45) is 17.3 Å². The molecule has 0 spiro atoms. The Morgan fingerprint density at radius 3 is 2.35 bits per heavy atom. The highest BCUT2D eigenvalue weighted by atomic mass is 16.2. The fourth-order valence-electron chi connectivity index (χ4n) is 4.80. The minimum atomic E-state index is -1.12. The highest BCUT2D eigenvalue weighted by molar-refractivity contribution is 6.14. The molecule has 2 aliphatic rings. The fraction of sp³-hybridized carbons (Fsp3) is 0.417. The summed E-state index contributed by atoms with van der Waals surface area (Å²) in [6.07, 6.45) is 7.36. The zero-order chi connectivity index (χ0) is 22.0. The van der Waals surface area contributed by atoms with Crippen LogP contribution in [-0.2, 0) is 16.1 Å². The first-order chi connectivity index (χ1) is 14.9. The van der Waals surface area contributed by atoms with Gasteiger partial charge in [-0.3, -0.25) is 19.4 Å². The lowest BCUT2D eigenvalue weighted by Crippen LogP contribution is -2.36. The summed E-state index contributed by atoms with van der Waals surface area (Å²) < 4.78 is 0. The summed E-state index contributed by atoms with van der Waals surface area (Å²) in [7, 11) is 0. The van der Waals surface area contributed by atoms with Gasteiger partial charge >= 0.3 is 0 Å². The van der Waals surface area contributed by atoms with Gasteiger partial charge in [0.2, 0.25) is 11.8 Å². The second-order valence-electron chi connectivity index (χ2n) is 8.72. The number of Topliss-reactive ketones (excluding diaryl/α,β-unsaturated/α-hetero) is 1. The number of carbonyl (C=O) groups is 3. The molecule has 0 saturated heterocycles. The van der Waals surface area contributed by atoms with E-state index in [2.05, 4.69) is 15.6 Å². The lowest BCUT2D eigenvalue weighted by molar-refractivity contribution is -0.127. The third-order valence-electron chi connectivity index (χ3n) is 6.69. The number of carbonyl (C=O) groups excluding carboxylic acids is 3. The van der Waals surface area contributed by atoms with E-state index in [1.807, 2.05) is 12.1 Å². The number of ketones is 1. The van der Waals surface area contributed by atoms with Crippen LogP contribution in [0.4, 0.5) is 5.69 Å². The van der Waals surface area contributed by atoms with Crippen molar-refractivity contribution in [2.45, 2.75) is 45.2 Å². The van der Waals surface area contributed by atoms with Crippen LogP contribution in [0.5, 0.6) is 0 Å². The van der Waals surface area contributed by atoms with Crippen LogP contribution >= 0.6 is 0 Å². The van der Waals surface area contributed by atoms with E-state index >= 15 is 0 Å². The Bertz CT molecular complexity index is 987. The van der Waals surface area contributed by atoms with Gasteiger partial charge in [-0.15, -0.1) is 0 Å². The van der Waals surface area contributed by atoms with Gasteiger partial charge in [-0.25, -0.2) is 0 Å². The van der Waals surface area contributed by atoms with Gasteiger partial charge < -0.3 is 16.4 Å². The molecular formula is C24H28N4O3. The van der Waals surface area contributed by atoms with Crippen LogP contribution in [0.3, 0.4) is 0 Å². The van der Waals surface area contributed by atoms with Gasteiger partial charge in [0.25, 0.3) is 0 Å². The van der Waals surface area contributed by atoms with Gasteiger partial charge in [-0.05, 0) is 42.7 Å². The molecule has 2 aliphatic carbocycles. The number of rotatable bonds is 7. The third kappa shape index (κ3) is 4.04. The van der Waals surface area contributed by atoms with Crippen LogP contribution < -0.4 is 16.4 Å². The molecule has 1 heterocycles. The van der Waals surface area contributed by atoms with E-state index in [0.717, 1.165) is 31.2 Å². The van der Waals surface area contributed by atoms with Crippen molar-refractivity contribution in [3.8, 4) is 0 Å². The molecule has 2 saturated carbocycles. The molecule has 1 aromatic carbocycles. The number of hydrogen-bond acceptors (Lipinski definition) is 5. The summed E-state index contributed by atoms with van der Waals surface area (Å²) in [5.74, 6) is -2.23. The van der Waals surface area contributed by atoms with Gasteiger partial charge in [-0.1, -0.05) is 31.9 Å². The molecule has 2 amide bonds. The fourth-order valence-corrected chi connectivity index (χ4v) is 4.80. The predicted molar refractivity (Wildman–Crippen MR) is 117 cm³/mol. The Kier molecular flexibility index (Phi) is 5.76. The standard InChI is InChI=1S/C24H28N4O3/c1-24(21(29)17-8-4-5-9-18(17)25)19(20(24)23(31)28-16-6-2-3-7-16)22(30)27-14-15-10-12-26-13-11-15/h4-5,8-13,16,19-20H,2-3,6-7,14,25H2,1H3,(H,27,30)(H,28,31)/t19-,20+,24+/m0/s1. The zero-order valence-electron chi connectivity index (χ0n) is 17.6. The monoisotopic (exact) mass is 420 g/mol. The summed E-state index contributed by atoms with van der Waals surface area (Å²) in [5, 5.41) is 5.95. The van der Waals surface area contributed by atoms with Gasteiger partial charge in [0.05, 0.1) is 17.3 Å². The van der Waals surface area contributed by atoms with Crippen LogP contribution in [0.15, 0.2) is 48.8 Å². The summed E-state index contributed by atoms with van der Waals surface area (Å²) >= 11 is 0. The summed E-state index contributed by atoms with van der Waals surface area (Å²) in [4.78, 5) is 43.6. The maximum Gasteiger partial charge on any atom is 0.225 e. The predicted octanol–water partition coefficient (Wildman–Crippen LogP) is 2.47. The third-order valence-corrected chi connectivity index (χ3v) is 6.69. The molecule has 0 radical (unpaired) electrons. The van der Waals surface area contributed by atoms with Crippen LogP contribution in [0, 0.1) is 17.3 Å². The molecule has 3 atom stereocenters.